The topological polar surface area (TPSA) is 29.3 Å². The van der Waals surface area contributed by atoms with Crippen LogP contribution >= 0.6 is 24.8 Å². The molecular formula is C11H18Cl2N2. The highest BCUT2D eigenvalue weighted by Gasteiger charge is 2.12. The molecule has 1 saturated heterocycles. The van der Waals surface area contributed by atoms with Gasteiger partial charge in [0.05, 0.1) is 0 Å². The maximum absolute atomic E-state index is 5.77. The summed E-state index contributed by atoms with van der Waals surface area (Å²) in [6.07, 6.45) is 2.65. The molecule has 1 aliphatic heterocycles. The standard InChI is InChI=1S/C11H16N2.2ClH/c1-9-8-10(4-5-11(9)12)13-6-2-3-7-13;;/h4-5,8H,2-3,6-7,12H2,1H3;2*1H. The SMILES string of the molecule is Cc1cc(N2CCCC2)ccc1N.Cl.Cl. The molecule has 0 aromatic heterocycles. The van der Waals surface area contributed by atoms with Gasteiger partial charge in [0.2, 0.25) is 0 Å². The van der Waals surface area contributed by atoms with E-state index in [0.717, 1.165) is 5.69 Å². The molecule has 0 radical (unpaired) electrons. The van der Waals surface area contributed by atoms with E-state index in [-0.39, 0.29) is 24.8 Å². The second kappa shape index (κ2) is 6.09. The maximum Gasteiger partial charge on any atom is 0.0370 e. The Morgan fingerprint density at radius 3 is 2.27 bits per heavy atom. The van der Waals surface area contributed by atoms with E-state index in [1.54, 1.807) is 0 Å². The summed E-state index contributed by atoms with van der Waals surface area (Å²) in [5.41, 5.74) is 9.17. The number of nitrogens with zero attached hydrogens (tertiary/aromatic N) is 1. The van der Waals surface area contributed by atoms with Crippen LogP contribution in [0.3, 0.4) is 0 Å². The molecule has 2 nitrogen and oxygen atoms in total. The van der Waals surface area contributed by atoms with Crippen LogP contribution in [0.15, 0.2) is 18.2 Å². The number of halogens is 2. The number of aryl methyl sites for hydroxylation is 1. The smallest absolute Gasteiger partial charge is 0.0370 e. The van der Waals surface area contributed by atoms with E-state index in [2.05, 4.69) is 24.0 Å². The molecule has 0 spiro atoms. The lowest BCUT2D eigenvalue weighted by molar-refractivity contribution is 0.949. The number of rotatable bonds is 1. The normalized spacial score (nSPS) is 14.3. The van der Waals surface area contributed by atoms with Gasteiger partial charge in [0, 0.05) is 24.5 Å². The molecule has 0 unspecified atom stereocenters. The Kier molecular flexibility index (Phi) is 5.84. The van der Waals surface area contributed by atoms with Crippen molar-refractivity contribution in [3.63, 3.8) is 0 Å². The van der Waals surface area contributed by atoms with Crippen molar-refractivity contribution in [3.05, 3.63) is 23.8 Å². The van der Waals surface area contributed by atoms with Gasteiger partial charge in [-0.1, -0.05) is 0 Å². The number of hydrogen-bond acceptors (Lipinski definition) is 2. The van der Waals surface area contributed by atoms with Crippen LogP contribution in [0.2, 0.25) is 0 Å². The minimum atomic E-state index is 0. The van der Waals surface area contributed by atoms with Crippen molar-refractivity contribution in [1.82, 2.24) is 0 Å². The van der Waals surface area contributed by atoms with Crippen LogP contribution in [0.1, 0.15) is 18.4 Å². The Labute approximate surface area is 104 Å². The van der Waals surface area contributed by atoms with Crippen molar-refractivity contribution < 1.29 is 0 Å². The van der Waals surface area contributed by atoms with Gasteiger partial charge in [0.25, 0.3) is 0 Å². The fourth-order valence-corrected chi connectivity index (χ4v) is 1.83. The Hall–Kier alpha value is -0.600. The molecule has 86 valence electrons. The summed E-state index contributed by atoms with van der Waals surface area (Å²) in [4.78, 5) is 2.42. The van der Waals surface area contributed by atoms with Crippen molar-refractivity contribution >= 4 is 36.2 Å². The van der Waals surface area contributed by atoms with Crippen molar-refractivity contribution in [2.45, 2.75) is 19.8 Å². The van der Waals surface area contributed by atoms with Crippen LogP contribution in [-0.4, -0.2) is 13.1 Å². The van der Waals surface area contributed by atoms with Crippen molar-refractivity contribution in [3.8, 4) is 0 Å². The highest BCUT2D eigenvalue weighted by Crippen LogP contribution is 2.23. The van der Waals surface area contributed by atoms with Crippen molar-refractivity contribution in [1.29, 1.82) is 0 Å². The van der Waals surface area contributed by atoms with Crippen LogP contribution in [-0.2, 0) is 0 Å². The maximum atomic E-state index is 5.77. The van der Waals surface area contributed by atoms with Crippen molar-refractivity contribution in [2.24, 2.45) is 0 Å². The fraction of sp³-hybridized carbons (Fsp3) is 0.455. The molecule has 0 atom stereocenters. The summed E-state index contributed by atoms with van der Waals surface area (Å²) in [6.45, 7) is 4.46. The van der Waals surface area contributed by atoms with Gasteiger partial charge < -0.3 is 10.6 Å². The Morgan fingerprint density at radius 1 is 1.13 bits per heavy atom. The van der Waals surface area contributed by atoms with E-state index in [9.17, 15) is 0 Å². The van der Waals surface area contributed by atoms with Crippen molar-refractivity contribution in [2.75, 3.05) is 23.7 Å². The average molecular weight is 249 g/mol. The lowest BCUT2D eigenvalue weighted by atomic mass is 10.2. The van der Waals surface area contributed by atoms with Crippen LogP contribution < -0.4 is 10.6 Å². The number of anilines is 2. The Bertz CT molecular complexity index is 309. The molecule has 1 heterocycles. The zero-order valence-corrected chi connectivity index (χ0v) is 10.5. The van der Waals surface area contributed by atoms with Crippen LogP contribution in [0, 0.1) is 6.92 Å². The van der Waals surface area contributed by atoms with Gasteiger partial charge >= 0.3 is 0 Å². The fourth-order valence-electron chi connectivity index (χ4n) is 1.83. The number of hydrogen-bond donors (Lipinski definition) is 1. The van der Waals surface area contributed by atoms with Crippen LogP contribution in [0.4, 0.5) is 11.4 Å². The third-order valence-electron chi connectivity index (χ3n) is 2.72. The summed E-state index contributed by atoms with van der Waals surface area (Å²) in [7, 11) is 0. The molecule has 1 fully saturated rings. The van der Waals surface area contributed by atoms with E-state index < -0.39 is 0 Å². The first kappa shape index (κ1) is 14.4. The van der Waals surface area contributed by atoms with Crippen LogP contribution in [0.5, 0.6) is 0 Å². The predicted octanol–water partition coefficient (Wildman–Crippen LogP) is 3.02. The third-order valence-corrected chi connectivity index (χ3v) is 2.72. The van der Waals surface area contributed by atoms with Crippen LogP contribution in [0.25, 0.3) is 0 Å². The lowest BCUT2D eigenvalue weighted by Gasteiger charge is -2.18. The average Bonchev–Trinajstić information content (AvgIpc) is 2.62. The molecule has 4 heteroatoms. The molecule has 1 aliphatic rings. The summed E-state index contributed by atoms with van der Waals surface area (Å²) in [5, 5.41) is 0. The first-order valence-corrected chi connectivity index (χ1v) is 4.88. The second-order valence-corrected chi connectivity index (χ2v) is 3.74. The summed E-state index contributed by atoms with van der Waals surface area (Å²) in [5.74, 6) is 0. The first-order chi connectivity index (χ1) is 6.27. The molecule has 15 heavy (non-hydrogen) atoms. The van der Waals surface area contributed by atoms with Gasteiger partial charge in [-0.25, -0.2) is 0 Å². The molecule has 0 aliphatic carbocycles. The lowest BCUT2D eigenvalue weighted by Crippen LogP contribution is -2.17. The molecule has 1 aromatic carbocycles. The highest BCUT2D eigenvalue weighted by atomic mass is 35.5. The molecule has 2 N–H and O–H groups in total. The summed E-state index contributed by atoms with van der Waals surface area (Å²) < 4.78 is 0. The van der Waals surface area contributed by atoms with Gasteiger partial charge in [0.15, 0.2) is 0 Å². The number of nitrogen functional groups attached to an aromatic ring is 1. The molecule has 0 bridgehead atoms. The Balaban J connectivity index is 0.000000980. The van der Waals surface area contributed by atoms with E-state index in [0.29, 0.717) is 0 Å². The van der Waals surface area contributed by atoms with Gasteiger partial charge in [0.1, 0.15) is 0 Å². The zero-order valence-electron chi connectivity index (χ0n) is 8.90. The minimum Gasteiger partial charge on any atom is -0.399 e. The number of nitrogens with two attached hydrogens (primary N) is 1. The third kappa shape index (κ3) is 3.18. The molecule has 1 aromatic rings. The van der Waals surface area contributed by atoms with E-state index in [1.165, 1.54) is 37.2 Å². The van der Waals surface area contributed by atoms with Gasteiger partial charge in [-0.05, 0) is 43.5 Å². The van der Waals surface area contributed by atoms with E-state index in [1.807, 2.05) is 6.07 Å². The van der Waals surface area contributed by atoms with E-state index in [4.69, 9.17) is 5.73 Å². The Morgan fingerprint density at radius 2 is 1.73 bits per heavy atom. The summed E-state index contributed by atoms with van der Waals surface area (Å²) >= 11 is 0. The van der Waals surface area contributed by atoms with Gasteiger partial charge in [-0.3, -0.25) is 0 Å². The minimum absolute atomic E-state index is 0. The summed E-state index contributed by atoms with van der Waals surface area (Å²) in [6, 6.07) is 6.30. The quantitative estimate of drug-likeness (QED) is 0.775. The molecular weight excluding hydrogens is 231 g/mol. The molecule has 0 amide bonds. The highest BCUT2D eigenvalue weighted by molar-refractivity contribution is 5.85. The largest absolute Gasteiger partial charge is 0.399 e. The number of benzene rings is 1. The monoisotopic (exact) mass is 248 g/mol. The van der Waals surface area contributed by atoms with Gasteiger partial charge in [-0.2, -0.15) is 0 Å². The molecule has 0 saturated carbocycles. The second-order valence-electron chi connectivity index (χ2n) is 3.74. The predicted molar refractivity (Wildman–Crippen MR) is 71.5 cm³/mol. The molecule has 2 rings (SSSR count). The van der Waals surface area contributed by atoms with Gasteiger partial charge in [-0.15, -0.1) is 24.8 Å². The van der Waals surface area contributed by atoms with E-state index >= 15 is 0 Å². The first-order valence-electron chi connectivity index (χ1n) is 4.88. The zero-order chi connectivity index (χ0) is 9.26.